The van der Waals surface area contributed by atoms with Crippen LogP contribution in [0.15, 0.2) is 54.6 Å². The number of rotatable bonds is 5. The van der Waals surface area contributed by atoms with Crippen molar-refractivity contribution in [1.82, 2.24) is 5.48 Å². The maximum absolute atomic E-state index is 12.9. The van der Waals surface area contributed by atoms with E-state index >= 15 is 0 Å². The van der Waals surface area contributed by atoms with Gasteiger partial charge in [-0.2, -0.15) is 5.48 Å². The molecule has 0 amide bonds. The Balaban J connectivity index is 1.73. The Kier molecular flexibility index (Phi) is 4.24. The van der Waals surface area contributed by atoms with Crippen LogP contribution in [0.5, 0.6) is 0 Å². The lowest BCUT2D eigenvalue weighted by atomic mass is 10.2. The third kappa shape index (κ3) is 3.98. The highest BCUT2D eigenvalue weighted by Crippen LogP contribution is 2.03. The van der Waals surface area contributed by atoms with Crippen LogP contribution in [0.4, 0.5) is 4.39 Å². The van der Waals surface area contributed by atoms with Gasteiger partial charge in [-0.1, -0.05) is 42.5 Å². The number of nitrogens with one attached hydrogen (secondary N) is 1. The maximum Gasteiger partial charge on any atom is 0.123 e. The van der Waals surface area contributed by atoms with Crippen molar-refractivity contribution >= 4 is 0 Å². The highest BCUT2D eigenvalue weighted by atomic mass is 19.1. The molecule has 0 spiro atoms. The minimum Gasteiger partial charge on any atom is -0.297 e. The molecule has 0 aliphatic heterocycles. The number of benzene rings is 2. The van der Waals surface area contributed by atoms with Crippen molar-refractivity contribution in [2.45, 2.75) is 13.2 Å². The fraction of sp³-hybridized carbons (Fsp3) is 0.143. The van der Waals surface area contributed by atoms with E-state index in [4.69, 9.17) is 4.84 Å². The first-order valence-corrected chi connectivity index (χ1v) is 5.47. The van der Waals surface area contributed by atoms with Crippen molar-refractivity contribution < 1.29 is 9.23 Å². The molecule has 0 bridgehead atoms. The van der Waals surface area contributed by atoms with Crippen LogP contribution in [-0.2, 0) is 18.0 Å². The van der Waals surface area contributed by atoms with Gasteiger partial charge in [-0.25, -0.2) is 4.39 Å². The van der Waals surface area contributed by atoms with Crippen LogP contribution in [0.25, 0.3) is 0 Å². The molecule has 88 valence electrons. The fourth-order valence-corrected chi connectivity index (χ4v) is 1.49. The summed E-state index contributed by atoms with van der Waals surface area (Å²) in [6, 6.07) is 16.3. The number of hydroxylamine groups is 1. The summed E-state index contributed by atoms with van der Waals surface area (Å²) >= 11 is 0. The third-order valence-corrected chi connectivity index (χ3v) is 2.35. The van der Waals surface area contributed by atoms with E-state index < -0.39 is 0 Å². The SMILES string of the molecule is Fc1cccc(CNOCc2ccccc2)c1. The van der Waals surface area contributed by atoms with Crippen molar-refractivity contribution in [3.63, 3.8) is 0 Å². The quantitative estimate of drug-likeness (QED) is 0.630. The first-order chi connectivity index (χ1) is 8.34. The van der Waals surface area contributed by atoms with Crippen LogP contribution in [0.3, 0.4) is 0 Å². The second kappa shape index (κ2) is 6.13. The Morgan fingerprint density at radius 1 is 0.941 bits per heavy atom. The zero-order valence-corrected chi connectivity index (χ0v) is 9.40. The summed E-state index contributed by atoms with van der Waals surface area (Å²) in [6.45, 7) is 0.987. The topological polar surface area (TPSA) is 21.3 Å². The molecule has 17 heavy (non-hydrogen) atoms. The van der Waals surface area contributed by atoms with Crippen molar-refractivity contribution in [2.24, 2.45) is 0 Å². The molecule has 0 heterocycles. The van der Waals surface area contributed by atoms with Gasteiger partial charge in [-0.05, 0) is 23.3 Å². The molecule has 0 unspecified atom stereocenters. The first-order valence-electron chi connectivity index (χ1n) is 5.47. The van der Waals surface area contributed by atoms with Gasteiger partial charge in [0.05, 0.1) is 6.61 Å². The zero-order chi connectivity index (χ0) is 11.9. The lowest BCUT2D eigenvalue weighted by Crippen LogP contribution is -2.13. The molecule has 2 aromatic rings. The van der Waals surface area contributed by atoms with Crippen LogP contribution < -0.4 is 5.48 Å². The van der Waals surface area contributed by atoms with Crippen molar-refractivity contribution in [1.29, 1.82) is 0 Å². The van der Waals surface area contributed by atoms with E-state index in [2.05, 4.69) is 5.48 Å². The molecule has 3 heteroatoms. The van der Waals surface area contributed by atoms with E-state index in [1.54, 1.807) is 6.07 Å². The standard InChI is InChI=1S/C14H14FNO/c15-14-8-4-7-13(9-14)10-16-17-11-12-5-2-1-3-6-12/h1-9,16H,10-11H2. The van der Waals surface area contributed by atoms with E-state index in [0.29, 0.717) is 13.2 Å². The number of hydrogen-bond acceptors (Lipinski definition) is 2. The van der Waals surface area contributed by atoms with Crippen molar-refractivity contribution in [2.75, 3.05) is 0 Å². The molecule has 0 saturated heterocycles. The summed E-state index contributed by atoms with van der Waals surface area (Å²) in [4.78, 5) is 5.29. The lowest BCUT2D eigenvalue weighted by Gasteiger charge is -2.06. The molecule has 2 rings (SSSR count). The Labute approximate surface area is 100 Å². The van der Waals surface area contributed by atoms with Crippen molar-refractivity contribution in [3.05, 3.63) is 71.5 Å². The van der Waals surface area contributed by atoms with Crippen LogP contribution in [0.1, 0.15) is 11.1 Å². The molecule has 0 atom stereocenters. The van der Waals surface area contributed by atoms with Gasteiger partial charge in [-0.15, -0.1) is 0 Å². The summed E-state index contributed by atoms with van der Waals surface area (Å²) in [6.07, 6.45) is 0. The minimum absolute atomic E-state index is 0.229. The van der Waals surface area contributed by atoms with Crippen LogP contribution >= 0.6 is 0 Å². The summed E-state index contributed by atoms with van der Waals surface area (Å²) in [7, 11) is 0. The van der Waals surface area contributed by atoms with Crippen molar-refractivity contribution in [3.8, 4) is 0 Å². The van der Waals surface area contributed by atoms with Crippen LogP contribution in [0, 0.1) is 5.82 Å². The van der Waals surface area contributed by atoms with Gasteiger partial charge in [0.15, 0.2) is 0 Å². The highest BCUT2D eigenvalue weighted by Gasteiger charge is 1.95. The smallest absolute Gasteiger partial charge is 0.123 e. The molecular formula is C14H14FNO. The molecule has 0 fully saturated rings. The number of halogens is 1. The van der Waals surface area contributed by atoms with Gasteiger partial charge in [-0.3, -0.25) is 4.84 Å². The molecule has 0 saturated carbocycles. The van der Waals surface area contributed by atoms with Gasteiger partial charge in [0.2, 0.25) is 0 Å². The Bertz CT molecular complexity index is 459. The van der Waals surface area contributed by atoms with Gasteiger partial charge in [0.1, 0.15) is 5.82 Å². The summed E-state index contributed by atoms with van der Waals surface area (Å²) < 4.78 is 12.9. The van der Waals surface area contributed by atoms with Gasteiger partial charge in [0, 0.05) is 6.54 Å². The summed E-state index contributed by atoms with van der Waals surface area (Å²) in [5.41, 5.74) is 4.77. The normalized spacial score (nSPS) is 10.4. The van der Waals surface area contributed by atoms with Crippen LogP contribution in [-0.4, -0.2) is 0 Å². The van der Waals surface area contributed by atoms with Crippen LogP contribution in [0.2, 0.25) is 0 Å². The Hall–Kier alpha value is -1.71. The van der Waals surface area contributed by atoms with Gasteiger partial charge < -0.3 is 0 Å². The monoisotopic (exact) mass is 231 g/mol. The average molecular weight is 231 g/mol. The van der Waals surface area contributed by atoms with E-state index in [1.165, 1.54) is 12.1 Å². The number of hydrogen-bond donors (Lipinski definition) is 1. The Morgan fingerprint density at radius 3 is 2.47 bits per heavy atom. The second-order valence-corrected chi connectivity index (χ2v) is 3.73. The predicted octanol–water partition coefficient (Wildman–Crippen LogP) is 3.05. The summed E-state index contributed by atoms with van der Waals surface area (Å²) in [5.74, 6) is -0.229. The average Bonchev–Trinajstić information content (AvgIpc) is 2.36. The maximum atomic E-state index is 12.9. The Morgan fingerprint density at radius 2 is 1.71 bits per heavy atom. The van der Waals surface area contributed by atoms with E-state index in [1.807, 2.05) is 36.4 Å². The van der Waals surface area contributed by atoms with E-state index in [9.17, 15) is 4.39 Å². The fourth-order valence-electron chi connectivity index (χ4n) is 1.49. The molecule has 2 aromatic carbocycles. The summed E-state index contributed by atoms with van der Waals surface area (Å²) in [5, 5.41) is 0. The van der Waals surface area contributed by atoms with Gasteiger partial charge >= 0.3 is 0 Å². The van der Waals surface area contributed by atoms with Gasteiger partial charge in [0.25, 0.3) is 0 Å². The third-order valence-electron chi connectivity index (χ3n) is 2.35. The molecule has 2 nitrogen and oxygen atoms in total. The molecule has 1 N–H and O–H groups in total. The zero-order valence-electron chi connectivity index (χ0n) is 9.40. The minimum atomic E-state index is -0.229. The van der Waals surface area contributed by atoms with E-state index in [0.717, 1.165) is 11.1 Å². The molecule has 0 aliphatic rings. The molecular weight excluding hydrogens is 217 g/mol. The molecule has 0 radical (unpaired) electrons. The largest absolute Gasteiger partial charge is 0.297 e. The lowest BCUT2D eigenvalue weighted by molar-refractivity contribution is 0.0235. The van der Waals surface area contributed by atoms with E-state index in [-0.39, 0.29) is 5.82 Å². The first kappa shape index (κ1) is 11.8. The second-order valence-electron chi connectivity index (χ2n) is 3.73. The predicted molar refractivity (Wildman–Crippen MR) is 64.5 cm³/mol. The molecule has 0 aliphatic carbocycles. The molecule has 0 aromatic heterocycles. The highest BCUT2D eigenvalue weighted by molar-refractivity contribution is 5.16.